The Bertz CT molecular complexity index is 767. The molecule has 170 valence electrons. The maximum absolute atomic E-state index is 13.5. The highest BCUT2D eigenvalue weighted by molar-refractivity contribution is 5.69. The molecule has 0 radical (unpaired) electrons. The van der Waals surface area contributed by atoms with Gasteiger partial charge in [-0.3, -0.25) is 9.69 Å². The van der Waals surface area contributed by atoms with Gasteiger partial charge in [0.2, 0.25) is 0 Å². The second-order valence-electron chi connectivity index (χ2n) is 6.99. The van der Waals surface area contributed by atoms with Crippen molar-refractivity contribution >= 4 is 5.97 Å². The van der Waals surface area contributed by atoms with Gasteiger partial charge in [0, 0.05) is 13.0 Å². The number of hydrogen-bond donors (Lipinski definition) is 0. The van der Waals surface area contributed by atoms with Gasteiger partial charge < -0.3 is 9.47 Å². The Kier molecular flexibility index (Phi) is 11.0. The van der Waals surface area contributed by atoms with E-state index in [1.807, 2.05) is 31.2 Å². The predicted octanol–water partition coefficient (Wildman–Crippen LogP) is 4.69. The number of esters is 1. The molecule has 2 rings (SSSR count). The number of methoxy groups -OCH3 is 1. The minimum absolute atomic E-state index is 0.184. The van der Waals surface area contributed by atoms with Crippen LogP contribution in [0.2, 0.25) is 0 Å². The Hall–Kier alpha value is -2.48. The van der Waals surface area contributed by atoms with E-state index in [4.69, 9.17) is 19.2 Å². The molecule has 0 aromatic heterocycles. The number of benzene rings is 2. The van der Waals surface area contributed by atoms with Gasteiger partial charge in [-0.25, -0.2) is 14.2 Å². The molecule has 2 aromatic rings. The first-order valence-electron chi connectivity index (χ1n) is 10.6. The van der Waals surface area contributed by atoms with Crippen molar-refractivity contribution in [3.05, 3.63) is 65.5 Å². The molecule has 0 heterocycles. The minimum atomic E-state index is -0.294. The van der Waals surface area contributed by atoms with Crippen molar-refractivity contribution in [2.45, 2.75) is 39.3 Å². The summed E-state index contributed by atoms with van der Waals surface area (Å²) >= 11 is 0. The van der Waals surface area contributed by atoms with Crippen LogP contribution in [0.3, 0.4) is 0 Å². The number of hydrogen-bond acceptors (Lipinski definition) is 6. The molecule has 0 spiro atoms. The van der Waals surface area contributed by atoms with Crippen molar-refractivity contribution in [2.24, 2.45) is 0 Å². The Morgan fingerprint density at radius 3 is 2.32 bits per heavy atom. The van der Waals surface area contributed by atoms with Crippen molar-refractivity contribution in [1.29, 1.82) is 0 Å². The maximum Gasteiger partial charge on any atom is 0.305 e. The van der Waals surface area contributed by atoms with Crippen molar-refractivity contribution in [2.75, 3.05) is 33.5 Å². The topological polar surface area (TPSA) is 57.2 Å². The first kappa shape index (κ1) is 24.8. The van der Waals surface area contributed by atoms with Crippen molar-refractivity contribution in [3.63, 3.8) is 0 Å². The van der Waals surface area contributed by atoms with Gasteiger partial charge in [-0.15, -0.1) is 0 Å². The smallest absolute Gasteiger partial charge is 0.305 e. The largest absolute Gasteiger partial charge is 0.497 e. The minimum Gasteiger partial charge on any atom is -0.497 e. The van der Waals surface area contributed by atoms with Crippen molar-refractivity contribution in [3.8, 4) is 5.75 Å². The van der Waals surface area contributed by atoms with Crippen LogP contribution in [-0.4, -0.2) is 44.3 Å². The first-order chi connectivity index (χ1) is 15.1. The van der Waals surface area contributed by atoms with Crippen LogP contribution >= 0.6 is 0 Å². The zero-order valence-corrected chi connectivity index (χ0v) is 18.5. The number of nitrogens with zero attached hydrogens (tertiary/aromatic N) is 1. The lowest BCUT2D eigenvalue weighted by Crippen LogP contribution is -2.33. The summed E-state index contributed by atoms with van der Waals surface area (Å²) in [6.45, 7) is 5.96. The Balaban J connectivity index is 2.21. The number of halogens is 1. The van der Waals surface area contributed by atoms with Crippen LogP contribution in [0.25, 0.3) is 0 Å². The van der Waals surface area contributed by atoms with Gasteiger partial charge in [0.1, 0.15) is 18.2 Å². The summed E-state index contributed by atoms with van der Waals surface area (Å²) in [5.41, 5.74) is 1.99. The molecule has 2 aromatic carbocycles. The summed E-state index contributed by atoms with van der Waals surface area (Å²) < 4.78 is 23.8. The lowest BCUT2D eigenvalue weighted by Gasteiger charge is -2.32. The monoisotopic (exact) mass is 433 g/mol. The van der Waals surface area contributed by atoms with E-state index in [-0.39, 0.29) is 24.4 Å². The van der Waals surface area contributed by atoms with E-state index >= 15 is 0 Å². The third-order valence-corrected chi connectivity index (χ3v) is 4.80. The molecule has 7 heteroatoms. The summed E-state index contributed by atoms with van der Waals surface area (Å²) in [4.78, 5) is 24.5. The molecule has 1 atom stereocenters. The molecular weight excluding hydrogens is 401 g/mol. The average molecular weight is 434 g/mol. The lowest BCUT2D eigenvalue weighted by molar-refractivity contribution is -0.299. The molecule has 0 aliphatic rings. The summed E-state index contributed by atoms with van der Waals surface area (Å²) in [6.07, 6.45) is 0.955. The Morgan fingerprint density at radius 2 is 1.71 bits per heavy atom. The highest BCUT2D eigenvalue weighted by atomic mass is 19.1. The highest BCUT2D eigenvalue weighted by Gasteiger charge is 2.22. The quantitative estimate of drug-likeness (QED) is 0.186. The molecule has 0 bridgehead atoms. The van der Waals surface area contributed by atoms with Crippen LogP contribution < -0.4 is 4.74 Å². The first-order valence-corrected chi connectivity index (χ1v) is 10.6. The molecule has 0 aliphatic heterocycles. The fraction of sp³-hybridized carbons (Fsp3) is 0.458. The summed E-state index contributed by atoms with van der Waals surface area (Å²) in [5.74, 6) is 0.278. The summed E-state index contributed by atoms with van der Waals surface area (Å²) in [5, 5.41) is 0. The maximum atomic E-state index is 13.5. The third-order valence-electron chi connectivity index (χ3n) is 4.80. The van der Waals surface area contributed by atoms with Crippen LogP contribution in [0.1, 0.15) is 43.9 Å². The van der Waals surface area contributed by atoms with Gasteiger partial charge in [-0.2, -0.15) is 0 Å². The molecular formula is C24H32FNO5. The highest BCUT2D eigenvalue weighted by Crippen LogP contribution is 2.25. The van der Waals surface area contributed by atoms with E-state index in [9.17, 15) is 9.18 Å². The molecule has 6 nitrogen and oxygen atoms in total. The van der Waals surface area contributed by atoms with Crippen LogP contribution in [-0.2, 0) is 25.9 Å². The zero-order chi connectivity index (χ0) is 22.5. The standard InChI is InChI=1S/C24H32FNO5/c1-4-29-24(27)7-6-16-26(17-19-8-14-22(28-3)15-9-19)23(18-31-30-5-2)20-10-12-21(25)13-11-20/h8-15,23H,4-7,16-18H2,1-3H3. The van der Waals surface area contributed by atoms with Gasteiger partial charge in [0.25, 0.3) is 0 Å². The van der Waals surface area contributed by atoms with E-state index in [1.165, 1.54) is 12.1 Å². The third kappa shape index (κ3) is 8.65. The van der Waals surface area contributed by atoms with Crippen LogP contribution in [0.5, 0.6) is 5.75 Å². The molecule has 0 saturated carbocycles. The number of ether oxygens (including phenoxy) is 2. The van der Waals surface area contributed by atoms with Gasteiger partial charge in [0.05, 0.1) is 26.4 Å². The Labute approximate surface area is 183 Å². The molecule has 1 unspecified atom stereocenters. The van der Waals surface area contributed by atoms with E-state index < -0.39 is 0 Å². The van der Waals surface area contributed by atoms with Gasteiger partial charge >= 0.3 is 5.97 Å². The Morgan fingerprint density at radius 1 is 1.00 bits per heavy atom. The van der Waals surface area contributed by atoms with E-state index in [0.717, 1.165) is 16.9 Å². The molecule has 0 amide bonds. The average Bonchev–Trinajstić information content (AvgIpc) is 2.78. The number of rotatable bonds is 14. The fourth-order valence-electron chi connectivity index (χ4n) is 3.26. The lowest BCUT2D eigenvalue weighted by atomic mass is 10.0. The number of carbonyl (C=O) groups is 1. The SMILES string of the molecule is CCOOCC(c1ccc(F)cc1)N(CCCC(=O)OCC)Cc1ccc(OC)cc1. The van der Waals surface area contributed by atoms with Gasteiger partial charge in [-0.05, 0) is 62.2 Å². The van der Waals surface area contributed by atoms with Crippen LogP contribution in [0.4, 0.5) is 4.39 Å². The van der Waals surface area contributed by atoms with Crippen LogP contribution in [0.15, 0.2) is 48.5 Å². The molecule has 0 N–H and O–H groups in total. The summed E-state index contributed by atoms with van der Waals surface area (Å²) in [7, 11) is 1.63. The molecule has 31 heavy (non-hydrogen) atoms. The number of carbonyl (C=O) groups excluding carboxylic acids is 1. The molecule has 0 fully saturated rings. The van der Waals surface area contributed by atoms with Gasteiger partial charge in [0.15, 0.2) is 0 Å². The van der Waals surface area contributed by atoms with E-state index in [0.29, 0.717) is 39.1 Å². The van der Waals surface area contributed by atoms with Crippen LogP contribution in [0, 0.1) is 5.82 Å². The van der Waals surface area contributed by atoms with E-state index in [1.54, 1.807) is 26.2 Å². The van der Waals surface area contributed by atoms with Gasteiger partial charge in [-0.1, -0.05) is 24.3 Å². The second kappa shape index (κ2) is 13.7. The van der Waals surface area contributed by atoms with Crippen molar-refractivity contribution < 1.29 is 28.4 Å². The fourth-order valence-corrected chi connectivity index (χ4v) is 3.26. The molecule has 0 aliphatic carbocycles. The predicted molar refractivity (Wildman–Crippen MR) is 116 cm³/mol. The second-order valence-corrected chi connectivity index (χ2v) is 6.99. The van der Waals surface area contributed by atoms with Crippen molar-refractivity contribution in [1.82, 2.24) is 4.90 Å². The zero-order valence-electron chi connectivity index (χ0n) is 18.5. The normalized spacial score (nSPS) is 12.0. The molecule has 0 saturated heterocycles. The summed E-state index contributed by atoms with van der Waals surface area (Å²) in [6, 6.07) is 14.0. The van der Waals surface area contributed by atoms with E-state index in [2.05, 4.69) is 4.90 Å².